The van der Waals surface area contributed by atoms with E-state index in [1.54, 1.807) is 12.1 Å². The minimum atomic E-state index is -0.920. The lowest BCUT2D eigenvalue weighted by molar-refractivity contribution is 0.422. The summed E-state index contributed by atoms with van der Waals surface area (Å²) in [5, 5.41) is 9.36. The van der Waals surface area contributed by atoms with Crippen molar-refractivity contribution < 1.29 is 18.3 Å². The van der Waals surface area contributed by atoms with Gasteiger partial charge in [0.1, 0.15) is 11.6 Å². The highest BCUT2D eigenvalue weighted by atomic mass is 19.1. The Bertz CT molecular complexity index is 875. The number of rotatable bonds is 4. The molecular weight excluding hydrogens is 313 g/mol. The molecule has 0 fully saturated rings. The Balaban J connectivity index is 1.82. The zero-order valence-corrected chi connectivity index (χ0v) is 12.8. The first-order chi connectivity index (χ1) is 11.5. The standard InChI is InChI=1S/C20H15F3O/c21-16-6-2-5-15(12-16)14-4-1-3-13(11-14)7-8-17-18(22)9-10-19(24)20(17)23/h1-6,9-12,24H,7-8H2. The maximum atomic E-state index is 13.8. The van der Waals surface area contributed by atoms with Gasteiger partial charge >= 0.3 is 0 Å². The van der Waals surface area contributed by atoms with Crippen LogP contribution in [0.15, 0.2) is 60.7 Å². The molecule has 4 heteroatoms. The molecule has 0 aliphatic rings. The molecule has 122 valence electrons. The molecule has 0 unspecified atom stereocenters. The minimum Gasteiger partial charge on any atom is -0.505 e. The summed E-state index contributed by atoms with van der Waals surface area (Å²) in [5.41, 5.74) is 2.32. The van der Waals surface area contributed by atoms with Crippen molar-refractivity contribution in [2.24, 2.45) is 0 Å². The van der Waals surface area contributed by atoms with Gasteiger partial charge in [0.05, 0.1) is 0 Å². The van der Waals surface area contributed by atoms with Gasteiger partial charge in [-0.2, -0.15) is 0 Å². The Labute approximate surface area is 138 Å². The summed E-state index contributed by atoms with van der Waals surface area (Å²) in [7, 11) is 0. The number of aryl methyl sites for hydroxylation is 1. The average Bonchev–Trinajstić information content (AvgIpc) is 2.59. The monoisotopic (exact) mass is 328 g/mol. The van der Waals surface area contributed by atoms with E-state index in [0.29, 0.717) is 6.42 Å². The van der Waals surface area contributed by atoms with Crippen LogP contribution in [0.4, 0.5) is 13.2 Å². The van der Waals surface area contributed by atoms with Crippen molar-refractivity contribution in [3.8, 4) is 16.9 Å². The Morgan fingerprint density at radius 2 is 1.46 bits per heavy atom. The molecule has 1 N–H and O–H groups in total. The zero-order chi connectivity index (χ0) is 17.1. The first-order valence-electron chi connectivity index (χ1n) is 7.55. The highest BCUT2D eigenvalue weighted by Gasteiger charge is 2.13. The largest absolute Gasteiger partial charge is 0.505 e. The summed E-state index contributed by atoms with van der Waals surface area (Å²) < 4.78 is 40.9. The van der Waals surface area contributed by atoms with Crippen LogP contribution in [0.3, 0.4) is 0 Å². The lowest BCUT2D eigenvalue weighted by Gasteiger charge is -2.08. The molecule has 24 heavy (non-hydrogen) atoms. The van der Waals surface area contributed by atoms with Crippen LogP contribution in [0.2, 0.25) is 0 Å². The summed E-state index contributed by atoms with van der Waals surface area (Å²) >= 11 is 0. The fourth-order valence-corrected chi connectivity index (χ4v) is 2.66. The fourth-order valence-electron chi connectivity index (χ4n) is 2.66. The van der Waals surface area contributed by atoms with E-state index in [4.69, 9.17) is 0 Å². The van der Waals surface area contributed by atoms with Gasteiger partial charge in [-0.3, -0.25) is 0 Å². The van der Waals surface area contributed by atoms with Crippen LogP contribution >= 0.6 is 0 Å². The summed E-state index contributed by atoms with van der Waals surface area (Å²) in [6.45, 7) is 0. The van der Waals surface area contributed by atoms with E-state index < -0.39 is 17.4 Å². The molecule has 0 aromatic heterocycles. The molecular formula is C20H15F3O. The summed E-state index contributed by atoms with van der Waals surface area (Å²) in [6.07, 6.45) is 0.527. The van der Waals surface area contributed by atoms with E-state index in [1.165, 1.54) is 12.1 Å². The van der Waals surface area contributed by atoms with Crippen LogP contribution in [0.5, 0.6) is 5.75 Å². The lowest BCUT2D eigenvalue weighted by atomic mass is 9.98. The van der Waals surface area contributed by atoms with Crippen LogP contribution in [0.25, 0.3) is 11.1 Å². The molecule has 0 aliphatic heterocycles. The van der Waals surface area contributed by atoms with Crippen LogP contribution in [-0.4, -0.2) is 5.11 Å². The summed E-state index contributed by atoms with van der Waals surface area (Å²) in [5.74, 6) is -2.47. The molecule has 0 aliphatic carbocycles. The van der Waals surface area contributed by atoms with Gasteiger partial charge in [0.15, 0.2) is 11.6 Å². The average molecular weight is 328 g/mol. The van der Waals surface area contributed by atoms with Gasteiger partial charge in [-0.05, 0) is 53.8 Å². The number of hydrogen-bond donors (Lipinski definition) is 1. The van der Waals surface area contributed by atoms with Crippen LogP contribution in [0, 0.1) is 17.5 Å². The van der Waals surface area contributed by atoms with Crippen molar-refractivity contribution >= 4 is 0 Å². The smallest absolute Gasteiger partial charge is 0.170 e. The molecule has 3 rings (SSSR count). The van der Waals surface area contributed by atoms with Gasteiger partial charge < -0.3 is 5.11 Å². The molecule has 3 aromatic rings. The number of halogens is 3. The van der Waals surface area contributed by atoms with E-state index >= 15 is 0 Å². The van der Waals surface area contributed by atoms with E-state index in [0.717, 1.165) is 28.8 Å². The second-order valence-corrected chi connectivity index (χ2v) is 5.57. The van der Waals surface area contributed by atoms with E-state index in [9.17, 15) is 18.3 Å². The van der Waals surface area contributed by atoms with Crippen molar-refractivity contribution in [2.45, 2.75) is 12.8 Å². The SMILES string of the molecule is Oc1ccc(F)c(CCc2cccc(-c3cccc(F)c3)c2)c1F. The first-order valence-corrected chi connectivity index (χ1v) is 7.55. The maximum Gasteiger partial charge on any atom is 0.170 e. The molecule has 0 spiro atoms. The molecule has 0 atom stereocenters. The van der Waals surface area contributed by atoms with Gasteiger partial charge in [0.2, 0.25) is 0 Å². The topological polar surface area (TPSA) is 20.2 Å². The Morgan fingerprint density at radius 3 is 2.21 bits per heavy atom. The molecule has 1 nitrogen and oxygen atoms in total. The van der Waals surface area contributed by atoms with E-state index in [1.807, 2.05) is 24.3 Å². The van der Waals surface area contributed by atoms with Gasteiger partial charge in [-0.15, -0.1) is 0 Å². The molecule has 0 saturated heterocycles. The Morgan fingerprint density at radius 1 is 0.750 bits per heavy atom. The zero-order valence-electron chi connectivity index (χ0n) is 12.8. The Kier molecular flexibility index (Phi) is 4.56. The fraction of sp³-hybridized carbons (Fsp3) is 0.100. The Hall–Kier alpha value is -2.75. The molecule has 0 bridgehead atoms. The lowest BCUT2D eigenvalue weighted by Crippen LogP contribution is -1.99. The molecule has 0 radical (unpaired) electrons. The van der Waals surface area contributed by atoms with Crippen molar-refractivity contribution in [3.05, 3.63) is 89.2 Å². The number of benzene rings is 3. The van der Waals surface area contributed by atoms with Crippen molar-refractivity contribution in [1.29, 1.82) is 0 Å². The van der Waals surface area contributed by atoms with E-state index in [-0.39, 0.29) is 17.8 Å². The third kappa shape index (κ3) is 3.43. The van der Waals surface area contributed by atoms with Gasteiger partial charge in [0.25, 0.3) is 0 Å². The second-order valence-electron chi connectivity index (χ2n) is 5.57. The van der Waals surface area contributed by atoms with Crippen LogP contribution in [-0.2, 0) is 12.8 Å². The van der Waals surface area contributed by atoms with Crippen LogP contribution < -0.4 is 0 Å². The second kappa shape index (κ2) is 6.79. The molecule has 0 saturated carbocycles. The molecule has 0 heterocycles. The summed E-state index contributed by atoms with van der Waals surface area (Å²) in [6, 6.07) is 15.7. The highest BCUT2D eigenvalue weighted by Crippen LogP contribution is 2.25. The van der Waals surface area contributed by atoms with Crippen molar-refractivity contribution in [1.82, 2.24) is 0 Å². The van der Waals surface area contributed by atoms with Gasteiger partial charge in [-0.25, -0.2) is 13.2 Å². The van der Waals surface area contributed by atoms with Gasteiger partial charge in [-0.1, -0.05) is 36.4 Å². The van der Waals surface area contributed by atoms with Gasteiger partial charge in [0, 0.05) is 5.56 Å². The quantitative estimate of drug-likeness (QED) is 0.692. The normalized spacial score (nSPS) is 10.8. The van der Waals surface area contributed by atoms with Crippen molar-refractivity contribution in [2.75, 3.05) is 0 Å². The first kappa shape index (κ1) is 16.1. The predicted octanol–water partition coefficient (Wildman–Crippen LogP) is 5.26. The number of phenols is 1. The van der Waals surface area contributed by atoms with Crippen molar-refractivity contribution in [3.63, 3.8) is 0 Å². The third-order valence-electron chi connectivity index (χ3n) is 3.91. The maximum absolute atomic E-state index is 13.8. The van der Waals surface area contributed by atoms with E-state index in [2.05, 4.69) is 0 Å². The minimum absolute atomic E-state index is 0.124. The van der Waals surface area contributed by atoms with Crippen LogP contribution in [0.1, 0.15) is 11.1 Å². The third-order valence-corrected chi connectivity index (χ3v) is 3.91. The number of phenolic OH excluding ortho intramolecular Hbond substituents is 1. The number of hydrogen-bond acceptors (Lipinski definition) is 1. The predicted molar refractivity (Wildman–Crippen MR) is 87.3 cm³/mol. The molecule has 3 aromatic carbocycles. The highest BCUT2D eigenvalue weighted by molar-refractivity contribution is 5.64. The summed E-state index contributed by atoms with van der Waals surface area (Å²) in [4.78, 5) is 0. The molecule has 0 amide bonds. The number of aromatic hydroxyl groups is 1.